The van der Waals surface area contributed by atoms with Gasteiger partial charge in [-0.25, -0.2) is 0 Å². The molecule has 0 aliphatic carbocycles. The number of aromatic nitrogens is 2. The van der Waals surface area contributed by atoms with E-state index in [-0.39, 0.29) is 11.5 Å². The van der Waals surface area contributed by atoms with E-state index in [1.54, 1.807) is 60.9 Å². The Balaban J connectivity index is 1.50. The third-order valence-electron chi connectivity index (χ3n) is 4.80. The second kappa shape index (κ2) is 9.74. The number of thioether (sulfide) groups is 1. The van der Waals surface area contributed by atoms with Crippen LogP contribution in [0.5, 0.6) is 0 Å². The molecule has 0 unspecified atom stereocenters. The van der Waals surface area contributed by atoms with Gasteiger partial charge in [0.15, 0.2) is 0 Å². The van der Waals surface area contributed by atoms with Gasteiger partial charge < -0.3 is 10.6 Å². The van der Waals surface area contributed by atoms with E-state index in [1.807, 2.05) is 6.92 Å². The summed E-state index contributed by atoms with van der Waals surface area (Å²) in [5.74, 6) is -3.34. The molecule has 0 aliphatic rings. The maximum Gasteiger partial charge on any atom is 0.288 e. The van der Waals surface area contributed by atoms with E-state index in [9.17, 15) is 18.4 Å². The first kappa shape index (κ1) is 22.3. The number of rotatable bonds is 6. The number of halogens is 2. The second-order valence-electron chi connectivity index (χ2n) is 7.10. The first-order valence-electron chi connectivity index (χ1n) is 9.88. The summed E-state index contributed by atoms with van der Waals surface area (Å²) in [5.41, 5.74) is 3.75. The van der Waals surface area contributed by atoms with Gasteiger partial charge in [-0.15, -0.1) is 0 Å². The number of hydrogen-bond donors (Lipinski definition) is 2. The molecule has 0 aliphatic heterocycles. The minimum atomic E-state index is -2.57. The number of carbonyl (C=O) groups is 2. The van der Waals surface area contributed by atoms with Crippen LogP contribution in [0.1, 0.15) is 26.3 Å². The number of fused-ring (bicyclic) bond motifs is 1. The summed E-state index contributed by atoms with van der Waals surface area (Å²) in [4.78, 5) is 34.1. The first-order chi connectivity index (χ1) is 15.9. The highest BCUT2D eigenvalue weighted by atomic mass is 32.2. The Kier molecular flexibility index (Phi) is 6.60. The van der Waals surface area contributed by atoms with Crippen LogP contribution in [0.15, 0.2) is 78.0 Å². The maximum atomic E-state index is 12.8. The van der Waals surface area contributed by atoms with Gasteiger partial charge >= 0.3 is 0 Å². The molecule has 0 radical (unpaired) electrons. The normalized spacial score (nSPS) is 10.9. The largest absolute Gasteiger partial charge is 0.322 e. The van der Waals surface area contributed by atoms with Crippen LogP contribution >= 0.6 is 11.8 Å². The second-order valence-corrected chi connectivity index (χ2v) is 8.17. The summed E-state index contributed by atoms with van der Waals surface area (Å²) in [7, 11) is 0. The van der Waals surface area contributed by atoms with Gasteiger partial charge in [0.2, 0.25) is 0 Å². The van der Waals surface area contributed by atoms with Crippen molar-refractivity contribution in [1.82, 2.24) is 9.97 Å². The fraction of sp³-hybridized carbons (Fsp3) is 0.0833. The minimum Gasteiger partial charge on any atom is -0.322 e. The zero-order valence-corrected chi connectivity index (χ0v) is 18.2. The van der Waals surface area contributed by atoms with Crippen LogP contribution in [-0.4, -0.2) is 27.5 Å². The predicted molar refractivity (Wildman–Crippen MR) is 125 cm³/mol. The van der Waals surface area contributed by atoms with E-state index in [2.05, 4.69) is 20.6 Å². The van der Waals surface area contributed by atoms with Crippen molar-refractivity contribution in [1.29, 1.82) is 0 Å². The number of hydrogen-bond acceptors (Lipinski definition) is 5. The van der Waals surface area contributed by atoms with E-state index < -0.39 is 11.7 Å². The lowest BCUT2D eigenvalue weighted by Gasteiger charge is -2.12. The third kappa shape index (κ3) is 5.50. The predicted octanol–water partition coefficient (Wildman–Crippen LogP) is 5.76. The molecule has 0 atom stereocenters. The average molecular weight is 464 g/mol. The molecule has 9 heteroatoms. The van der Waals surface area contributed by atoms with Crippen LogP contribution in [0.3, 0.4) is 0 Å². The Hall–Kier alpha value is -3.85. The molecule has 3 aromatic carbocycles. The Morgan fingerprint density at radius 2 is 1.58 bits per heavy atom. The highest BCUT2D eigenvalue weighted by Crippen LogP contribution is 2.26. The lowest BCUT2D eigenvalue weighted by Crippen LogP contribution is -2.15. The molecule has 0 spiro atoms. The van der Waals surface area contributed by atoms with E-state index in [0.717, 1.165) is 5.56 Å². The zero-order valence-electron chi connectivity index (χ0n) is 17.4. The quantitative estimate of drug-likeness (QED) is 0.355. The van der Waals surface area contributed by atoms with Crippen molar-refractivity contribution in [3.05, 3.63) is 89.7 Å². The minimum absolute atomic E-state index is 0.254. The molecule has 1 aromatic heterocycles. The number of aryl methyl sites for hydroxylation is 1. The lowest BCUT2D eigenvalue weighted by molar-refractivity contribution is 0.101. The summed E-state index contributed by atoms with van der Waals surface area (Å²) in [6.45, 7) is 1.83. The molecule has 166 valence electrons. The standard InChI is InChI=1S/C24H18F2N4O2S/c1-14-5-7-17(29-22(31)15-3-2-4-18(11-15)33-24(25)26)13-20(14)30-23(32)16-6-8-19-21(12-16)28-10-9-27-19/h2-13,24H,1H3,(H,29,31)(H,30,32). The molecule has 2 amide bonds. The number of alkyl halides is 2. The van der Waals surface area contributed by atoms with Crippen molar-refractivity contribution >= 4 is 46.0 Å². The molecule has 0 bridgehead atoms. The zero-order chi connectivity index (χ0) is 23.4. The Morgan fingerprint density at radius 1 is 0.848 bits per heavy atom. The summed E-state index contributed by atoms with van der Waals surface area (Å²) in [6, 6.07) is 16.2. The van der Waals surface area contributed by atoms with Crippen LogP contribution in [-0.2, 0) is 0 Å². The summed E-state index contributed by atoms with van der Waals surface area (Å²) >= 11 is 0.377. The van der Waals surface area contributed by atoms with Crippen molar-refractivity contribution in [2.75, 3.05) is 10.6 Å². The smallest absolute Gasteiger partial charge is 0.288 e. The van der Waals surface area contributed by atoms with Crippen LogP contribution in [0.4, 0.5) is 20.2 Å². The van der Waals surface area contributed by atoms with Gasteiger partial charge in [0.05, 0.1) is 11.0 Å². The number of amides is 2. The van der Waals surface area contributed by atoms with Gasteiger partial charge in [-0.05, 0) is 61.0 Å². The summed E-state index contributed by atoms with van der Waals surface area (Å²) < 4.78 is 25.2. The van der Waals surface area contributed by atoms with E-state index in [1.165, 1.54) is 12.1 Å². The highest BCUT2D eigenvalue weighted by molar-refractivity contribution is 7.99. The third-order valence-corrected chi connectivity index (χ3v) is 5.50. The SMILES string of the molecule is Cc1ccc(NC(=O)c2cccc(SC(F)F)c2)cc1NC(=O)c1ccc2nccnc2c1. The van der Waals surface area contributed by atoms with Gasteiger partial charge in [0, 0.05) is 39.8 Å². The number of nitrogens with zero attached hydrogens (tertiary/aromatic N) is 2. The Labute approximate surface area is 192 Å². The van der Waals surface area contributed by atoms with E-state index in [4.69, 9.17) is 0 Å². The van der Waals surface area contributed by atoms with Crippen LogP contribution < -0.4 is 10.6 Å². The first-order valence-corrected chi connectivity index (χ1v) is 10.8. The van der Waals surface area contributed by atoms with Gasteiger partial charge in [0.1, 0.15) is 0 Å². The molecule has 1 heterocycles. The lowest BCUT2D eigenvalue weighted by atomic mass is 10.1. The summed E-state index contributed by atoms with van der Waals surface area (Å²) in [6.07, 6.45) is 3.14. The molecular weight excluding hydrogens is 446 g/mol. The number of anilines is 2. The van der Waals surface area contributed by atoms with Crippen molar-refractivity contribution in [2.24, 2.45) is 0 Å². The van der Waals surface area contributed by atoms with Crippen LogP contribution in [0.2, 0.25) is 0 Å². The van der Waals surface area contributed by atoms with Gasteiger partial charge in [-0.1, -0.05) is 23.9 Å². The van der Waals surface area contributed by atoms with Gasteiger partial charge in [-0.2, -0.15) is 8.78 Å². The Bertz CT molecular complexity index is 1350. The molecule has 4 aromatic rings. The monoisotopic (exact) mass is 464 g/mol. The summed E-state index contributed by atoms with van der Waals surface area (Å²) in [5, 5.41) is 5.59. The number of carbonyl (C=O) groups excluding carboxylic acids is 2. The van der Waals surface area contributed by atoms with Crippen molar-refractivity contribution in [2.45, 2.75) is 17.6 Å². The fourth-order valence-corrected chi connectivity index (χ4v) is 3.71. The molecule has 0 fully saturated rings. The highest BCUT2D eigenvalue weighted by Gasteiger charge is 2.13. The molecule has 4 rings (SSSR count). The van der Waals surface area contributed by atoms with Crippen molar-refractivity contribution in [3.63, 3.8) is 0 Å². The molecule has 2 N–H and O–H groups in total. The van der Waals surface area contributed by atoms with E-state index in [0.29, 0.717) is 44.6 Å². The van der Waals surface area contributed by atoms with E-state index >= 15 is 0 Å². The molecule has 33 heavy (non-hydrogen) atoms. The van der Waals surface area contributed by atoms with Crippen molar-refractivity contribution < 1.29 is 18.4 Å². The van der Waals surface area contributed by atoms with Crippen molar-refractivity contribution in [3.8, 4) is 0 Å². The van der Waals surface area contributed by atoms with Gasteiger partial charge in [-0.3, -0.25) is 19.6 Å². The van der Waals surface area contributed by atoms with Crippen LogP contribution in [0, 0.1) is 6.92 Å². The molecule has 0 saturated heterocycles. The average Bonchev–Trinajstić information content (AvgIpc) is 2.80. The topological polar surface area (TPSA) is 84.0 Å². The molecule has 0 saturated carbocycles. The van der Waals surface area contributed by atoms with Crippen LogP contribution in [0.25, 0.3) is 11.0 Å². The fourth-order valence-electron chi connectivity index (χ4n) is 3.15. The number of benzene rings is 3. The molecule has 6 nitrogen and oxygen atoms in total. The Morgan fingerprint density at radius 3 is 2.36 bits per heavy atom. The molecular formula is C24H18F2N4O2S. The van der Waals surface area contributed by atoms with Gasteiger partial charge in [0.25, 0.3) is 17.6 Å². The maximum absolute atomic E-state index is 12.8. The number of nitrogens with one attached hydrogen (secondary N) is 2.